The van der Waals surface area contributed by atoms with Gasteiger partial charge in [0.25, 0.3) is 0 Å². The van der Waals surface area contributed by atoms with Gasteiger partial charge < -0.3 is 15.0 Å². The van der Waals surface area contributed by atoms with Crippen molar-refractivity contribution in [2.45, 2.75) is 41.5 Å². The van der Waals surface area contributed by atoms with Gasteiger partial charge in [-0.15, -0.1) is 0 Å². The largest absolute Gasteiger partial charge is 0.473 e. The van der Waals surface area contributed by atoms with Crippen LogP contribution >= 0.6 is 0 Å². The molecule has 0 aliphatic heterocycles. The molecule has 0 bridgehead atoms. The number of benzene rings is 1. The van der Waals surface area contributed by atoms with Gasteiger partial charge in [0.05, 0.1) is 0 Å². The second kappa shape index (κ2) is 8.66. The van der Waals surface area contributed by atoms with Crippen LogP contribution in [0.2, 0.25) is 0 Å². The van der Waals surface area contributed by atoms with Gasteiger partial charge in [-0.25, -0.2) is 4.79 Å². The molecular formula is C18H30N2O2. The summed E-state index contributed by atoms with van der Waals surface area (Å²) >= 11 is 0. The molecule has 1 N–H and O–H groups in total. The summed E-state index contributed by atoms with van der Waals surface area (Å²) in [7, 11) is 0. The molecule has 0 spiro atoms. The first-order chi connectivity index (χ1) is 10.3. The Balaban J connectivity index is 2.53. The molecule has 22 heavy (non-hydrogen) atoms. The Morgan fingerprint density at radius 3 is 2.27 bits per heavy atom. The first-order valence-corrected chi connectivity index (χ1v) is 8.03. The number of ether oxygens (including phenoxy) is 1. The summed E-state index contributed by atoms with van der Waals surface area (Å²) in [5.41, 5.74) is 2.29. The van der Waals surface area contributed by atoms with Gasteiger partial charge in [0, 0.05) is 13.1 Å². The molecule has 0 atom stereocenters. The number of hydrogen-bond donors (Lipinski definition) is 1. The van der Waals surface area contributed by atoms with E-state index in [4.69, 9.17) is 4.74 Å². The second-order valence-electron chi connectivity index (χ2n) is 6.66. The number of urea groups is 1. The Morgan fingerprint density at radius 2 is 1.73 bits per heavy atom. The Labute approximate surface area is 134 Å². The van der Waals surface area contributed by atoms with Gasteiger partial charge >= 0.3 is 6.03 Å². The Kier molecular flexibility index (Phi) is 7.22. The van der Waals surface area contributed by atoms with Crippen LogP contribution in [-0.2, 0) is 0 Å². The third kappa shape index (κ3) is 5.96. The van der Waals surface area contributed by atoms with Crippen LogP contribution in [0.25, 0.3) is 0 Å². The van der Waals surface area contributed by atoms with Crippen LogP contribution in [0.1, 0.15) is 38.8 Å². The fourth-order valence-electron chi connectivity index (χ4n) is 2.29. The highest BCUT2D eigenvalue weighted by Crippen LogP contribution is 2.20. The second-order valence-corrected chi connectivity index (χ2v) is 6.66. The zero-order valence-electron chi connectivity index (χ0n) is 14.8. The molecule has 1 rings (SSSR count). The SMILES string of the molecule is Cc1cccc(OCNC(=O)N(CC(C)C)CC(C)C)c1C. The zero-order chi connectivity index (χ0) is 16.7. The molecule has 0 unspecified atom stereocenters. The molecule has 0 saturated heterocycles. The molecule has 1 aromatic rings. The first-order valence-electron chi connectivity index (χ1n) is 8.03. The van der Waals surface area contributed by atoms with Crippen LogP contribution in [0, 0.1) is 25.7 Å². The van der Waals surface area contributed by atoms with Crippen molar-refractivity contribution >= 4 is 6.03 Å². The highest BCUT2D eigenvalue weighted by Gasteiger charge is 2.16. The highest BCUT2D eigenvalue weighted by atomic mass is 16.5. The van der Waals surface area contributed by atoms with Crippen molar-refractivity contribution in [2.24, 2.45) is 11.8 Å². The summed E-state index contributed by atoms with van der Waals surface area (Å²) < 4.78 is 5.69. The van der Waals surface area contributed by atoms with Crippen LogP contribution in [0.5, 0.6) is 5.75 Å². The van der Waals surface area contributed by atoms with Crippen LogP contribution in [0.15, 0.2) is 18.2 Å². The molecule has 0 radical (unpaired) electrons. The Morgan fingerprint density at radius 1 is 1.14 bits per heavy atom. The lowest BCUT2D eigenvalue weighted by Crippen LogP contribution is -2.44. The summed E-state index contributed by atoms with van der Waals surface area (Å²) in [6, 6.07) is 5.87. The molecule has 0 aromatic heterocycles. The maximum absolute atomic E-state index is 12.3. The monoisotopic (exact) mass is 306 g/mol. The highest BCUT2D eigenvalue weighted by molar-refractivity contribution is 5.74. The van der Waals surface area contributed by atoms with Crippen LogP contribution in [-0.4, -0.2) is 30.8 Å². The topological polar surface area (TPSA) is 41.6 Å². The lowest BCUT2D eigenvalue weighted by molar-refractivity contribution is 0.171. The minimum Gasteiger partial charge on any atom is -0.473 e. The average Bonchev–Trinajstić information content (AvgIpc) is 2.41. The van der Waals surface area contributed by atoms with E-state index in [-0.39, 0.29) is 12.8 Å². The summed E-state index contributed by atoms with van der Waals surface area (Å²) in [6.07, 6.45) is 0. The summed E-state index contributed by atoms with van der Waals surface area (Å²) in [4.78, 5) is 14.2. The quantitative estimate of drug-likeness (QED) is 0.775. The molecule has 4 heteroatoms. The van der Waals surface area contributed by atoms with Gasteiger partial charge in [-0.05, 0) is 42.9 Å². The fourth-order valence-corrected chi connectivity index (χ4v) is 2.29. The van der Waals surface area contributed by atoms with E-state index in [2.05, 4.69) is 33.0 Å². The smallest absolute Gasteiger partial charge is 0.320 e. The van der Waals surface area contributed by atoms with Crippen LogP contribution in [0.3, 0.4) is 0 Å². The Bertz CT molecular complexity index is 474. The van der Waals surface area contributed by atoms with Gasteiger partial charge in [0.2, 0.25) is 0 Å². The van der Waals surface area contributed by atoms with Gasteiger partial charge in [0.1, 0.15) is 5.75 Å². The van der Waals surface area contributed by atoms with Crippen LogP contribution in [0.4, 0.5) is 4.79 Å². The molecule has 0 aliphatic carbocycles. The lowest BCUT2D eigenvalue weighted by Gasteiger charge is -2.26. The van der Waals surface area contributed by atoms with Crippen molar-refractivity contribution in [3.05, 3.63) is 29.3 Å². The van der Waals surface area contributed by atoms with E-state index in [0.29, 0.717) is 11.8 Å². The van der Waals surface area contributed by atoms with E-state index < -0.39 is 0 Å². The van der Waals surface area contributed by atoms with E-state index in [1.54, 1.807) is 0 Å². The first kappa shape index (κ1) is 18.3. The number of nitrogens with zero attached hydrogens (tertiary/aromatic N) is 1. The summed E-state index contributed by atoms with van der Waals surface area (Å²) in [6.45, 7) is 14.3. The van der Waals surface area contributed by atoms with Gasteiger partial charge in [0.15, 0.2) is 6.73 Å². The number of hydrogen-bond acceptors (Lipinski definition) is 2. The predicted molar refractivity (Wildman–Crippen MR) is 91.2 cm³/mol. The third-order valence-corrected chi connectivity index (χ3v) is 3.46. The molecule has 2 amide bonds. The molecule has 0 saturated carbocycles. The number of rotatable bonds is 7. The van der Waals surface area contributed by atoms with E-state index in [9.17, 15) is 4.79 Å². The lowest BCUT2D eigenvalue weighted by atomic mass is 10.1. The molecule has 0 fully saturated rings. The van der Waals surface area contributed by atoms with E-state index in [0.717, 1.165) is 24.4 Å². The average molecular weight is 306 g/mol. The minimum atomic E-state index is -0.0623. The van der Waals surface area contributed by atoms with Crippen molar-refractivity contribution in [1.29, 1.82) is 0 Å². The molecule has 0 heterocycles. The van der Waals surface area contributed by atoms with Gasteiger partial charge in [-0.2, -0.15) is 0 Å². The van der Waals surface area contributed by atoms with Crippen molar-refractivity contribution in [3.8, 4) is 5.75 Å². The molecule has 0 aliphatic rings. The molecule has 1 aromatic carbocycles. The van der Waals surface area contributed by atoms with E-state index >= 15 is 0 Å². The predicted octanol–water partition coefficient (Wildman–Crippen LogP) is 3.96. The molecular weight excluding hydrogens is 276 g/mol. The normalized spacial score (nSPS) is 10.9. The maximum Gasteiger partial charge on any atom is 0.320 e. The van der Waals surface area contributed by atoms with Gasteiger partial charge in [-0.3, -0.25) is 0 Å². The minimum absolute atomic E-state index is 0.0623. The van der Waals surface area contributed by atoms with Gasteiger partial charge in [-0.1, -0.05) is 39.8 Å². The fraction of sp³-hybridized carbons (Fsp3) is 0.611. The van der Waals surface area contributed by atoms with Crippen molar-refractivity contribution in [2.75, 3.05) is 19.8 Å². The number of carbonyl (C=O) groups excluding carboxylic acids is 1. The third-order valence-electron chi connectivity index (χ3n) is 3.46. The number of carbonyl (C=O) groups is 1. The molecule has 4 nitrogen and oxygen atoms in total. The zero-order valence-corrected chi connectivity index (χ0v) is 14.8. The molecule has 124 valence electrons. The Hall–Kier alpha value is -1.71. The van der Waals surface area contributed by atoms with E-state index in [1.165, 1.54) is 5.56 Å². The number of amides is 2. The van der Waals surface area contributed by atoms with Crippen LogP contribution < -0.4 is 10.1 Å². The van der Waals surface area contributed by atoms with E-state index in [1.807, 2.05) is 36.9 Å². The maximum atomic E-state index is 12.3. The number of nitrogens with one attached hydrogen (secondary N) is 1. The number of aryl methyl sites for hydroxylation is 1. The summed E-state index contributed by atoms with van der Waals surface area (Å²) in [5.74, 6) is 1.72. The summed E-state index contributed by atoms with van der Waals surface area (Å²) in [5, 5.41) is 2.85. The van der Waals surface area contributed by atoms with Crippen molar-refractivity contribution in [3.63, 3.8) is 0 Å². The van der Waals surface area contributed by atoms with Crippen molar-refractivity contribution in [1.82, 2.24) is 10.2 Å². The standard InChI is InChI=1S/C18H30N2O2/c1-13(2)10-20(11-14(3)4)18(21)19-12-22-17-9-7-8-15(5)16(17)6/h7-9,13-14H,10-12H2,1-6H3,(H,19,21). The van der Waals surface area contributed by atoms with Crippen molar-refractivity contribution < 1.29 is 9.53 Å².